The number of esters is 2. The van der Waals surface area contributed by atoms with Crippen molar-refractivity contribution in [2.45, 2.75) is 30.4 Å². The lowest BCUT2D eigenvalue weighted by atomic mass is 9.92. The number of β-lactam (4-membered cyclic amide) rings is 1. The molecule has 13 nitrogen and oxygen atoms in total. The summed E-state index contributed by atoms with van der Waals surface area (Å²) in [5.74, 6) is -7.06. The lowest BCUT2D eigenvalue weighted by molar-refractivity contribution is -0.201. The first-order chi connectivity index (χ1) is 18.9. The Bertz CT molecular complexity index is 1420. The van der Waals surface area contributed by atoms with Crippen LogP contribution in [0.1, 0.15) is 18.5 Å². The molecule has 1 aromatic heterocycles. The van der Waals surface area contributed by atoms with Crippen LogP contribution in [-0.4, -0.2) is 80.4 Å². The Kier molecular flexibility index (Phi) is 8.01. The van der Waals surface area contributed by atoms with Crippen molar-refractivity contribution in [3.05, 3.63) is 46.1 Å². The Labute approximate surface area is 231 Å². The third-order valence-electron chi connectivity index (χ3n) is 5.96. The fourth-order valence-corrected chi connectivity index (χ4v) is 6.16. The molecule has 0 radical (unpaired) electrons. The molecule has 0 saturated carbocycles. The molecule has 0 bridgehead atoms. The smallest absolute Gasteiger partial charge is 0.410 e. The third kappa shape index (κ3) is 5.31. The number of fused-ring (bicyclic) bond motifs is 1. The van der Waals surface area contributed by atoms with Crippen LogP contribution in [0.4, 0.5) is 18.3 Å². The summed E-state index contributed by atoms with van der Waals surface area (Å²) in [6, 6.07) is -1.31. The molecule has 0 aromatic carbocycles. The summed E-state index contributed by atoms with van der Waals surface area (Å²) in [7, 11) is 0. The SMILES string of the molecule is C=CC/C(C1=C(C(=O)OC(=O)C(F)(F)F)N2C(=O)[C@@H](NC(=O)/C(=N\O)c3csc(N)n3)[C@H]2SC1)=C1/CCNC1=O. The number of halogens is 3. The zero-order valence-corrected chi connectivity index (χ0v) is 21.7. The standard InChI is InChI=1S/C22H19F3N6O7S2/c1-2-3-8(9-4-5-27-15(9)32)10-6-39-18-13(29-16(33)12(30-37)11-7-40-21(26)28-11)17(34)31(18)14(10)19(35)38-20(36)22(23,24)25/h2,7,13,18,37H,1,3-6H2,(H2,26,28)(H,27,32)(H,29,33)/b9-8+,30-12-/t13-,18-/m1/s1. The molecule has 0 spiro atoms. The van der Waals surface area contributed by atoms with Gasteiger partial charge in [0.25, 0.3) is 11.8 Å². The zero-order chi connectivity index (χ0) is 29.4. The molecule has 2 saturated heterocycles. The summed E-state index contributed by atoms with van der Waals surface area (Å²) in [5.41, 5.74) is 4.74. The summed E-state index contributed by atoms with van der Waals surface area (Å²) in [6.07, 6.45) is -3.84. The Balaban J connectivity index is 1.69. The molecule has 2 fully saturated rings. The number of allylic oxidation sites excluding steroid dienone is 2. The number of nitrogens with one attached hydrogen (secondary N) is 2. The lowest BCUT2D eigenvalue weighted by Crippen LogP contribution is -2.71. The number of alkyl halides is 3. The first-order valence-electron chi connectivity index (χ1n) is 11.3. The van der Waals surface area contributed by atoms with E-state index in [0.717, 1.165) is 28.0 Å². The maximum absolute atomic E-state index is 13.2. The number of nitrogen functional groups attached to an aromatic ring is 1. The van der Waals surface area contributed by atoms with Crippen molar-refractivity contribution in [1.29, 1.82) is 0 Å². The van der Waals surface area contributed by atoms with Crippen molar-refractivity contribution in [3.63, 3.8) is 0 Å². The van der Waals surface area contributed by atoms with Gasteiger partial charge in [-0.25, -0.2) is 14.6 Å². The zero-order valence-electron chi connectivity index (χ0n) is 20.1. The molecule has 3 aliphatic rings. The highest BCUT2D eigenvalue weighted by Crippen LogP contribution is 2.44. The molecule has 18 heteroatoms. The number of thiazole rings is 1. The van der Waals surface area contributed by atoms with Crippen LogP contribution in [0.3, 0.4) is 0 Å². The fraction of sp³-hybridized carbons (Fsp3) is 0.318. The van der Waals surface area contributed by atoms with Gasteiger partial charge in [0.05, 0.1) is 0 Å². The van der Waals surface area contributed by atoms with E-state index in [0.29, 0.717) is 0 Å². The number of thioether (sulfide) groups is 1. The first kappa shape index (κ1) is 28.8. The van der Waals surface area contributed by atoms with Crippen LogP contribution in [0.2, 0.25) is 0 Å². The average Bonchev–Trinajstić information content (AvgIpc) is 3.52. The molecule has 212 valence electrons. The number of ether oxygens (including phenoxy) is 1. The highest BCUT2D eigenvalue weighted by Gasteiger charge is 2.56. The van der Waals surface area contributed by atoms with Gasteiger partial charge in [-0.2, -0.15) is 13.2 Å². The molecule has 2 atom stereocenters. The number of anilines is 1. The van der Waals surface area contributed by atoms with Crippen molar-refractivity contribution in [3.8, 4) is 0 Å². The lowest BCUT2D eigenvalue weighted by Gasteiger charge is -2.49. The molecule has 3 aliphatic heterocycles. The molecular formula is C22H19F3N6O7S2. The maximum atomic E-state index is 13.2. The number of aromatic nitrogens is 1. The number of hydrogen-bond acceptors (Lipinski definition) is 12. The number of amides is 3. The minimum absolute atomic E-state index is 0.0156. The second kappa shape index (κ2) is 11.1. The van der Waals surface area contributed by atoms with Crippen molar-refractivity contribution in [2.24, 2.45) is 5.16 Å². The highest BCUT2D eigenvalue weighted by atomic mass is 32.2. The van der Waals surface area contributed by atoms with Gasteiger partial charge in [-0.1, -0.05) is 11.2 Å². The van der Waals surface area contributed by atoms with Gasteiger partial charge in [-0.3, -0.25) is 19.3 Å². The van der Waals surface area contributed by atoms with Crippen LogP contribution in [0.25, 0.3) is 0 Å². The molecule has 40 heavy (non-hydrogen) atoms. The number of oxime groups is 1. The van der Waals surface area contributed by atoms with E-state index in [1.165, 1.54) is 11.5 Å². The van der Waals surface area contributed by atoms with E-state index >= 15 is 0 Å². The van der Waals surface area contributed by atoms with Crippen LogP contribution in [0.5, 0.6) is 0 Å². The number of hydrogen-bond donors (Lipinski definition) is 4. The van der Waals surface area contributed by atoms with Gasteiger partial charge in [0.1, 0.15) is 22.8 Å². The van der Waals surface area contributed by atoms with Gasteiger partial charge in [-0.15, -0.1) is 29.7 Å². The van der Waals surface area contributed by atoms with Gasteiger partial charge in [0, 0.05) is 23.3 Å². The number of nitrogens with zero attached hydrogens (tertiary/aromatic N) is 3. The Morgan fingerprint density at radius 1 is 1.38 bits per heavy atom. The van der Waals surface area contributed by atoms with E-state index < -0.39 is 58.7 Å². The molecule has 3 amide bonds. The van der Waals surface area contributed by atoms with Gasteiger partial charge in [-0.05, 0) is 24.0 Å². The average molecular weight is 601 g/mol. The minimum atomic E-state index is -5.50. The molecule has 0 unspecified atom stereocenters. The third-order valence-corrected chi connectivity index (χ3v) is 7.91. The van der Waals surface area contributed by atoms with Crippen LogP contribution in [0, 0.1) is 0 Å². The van der Waals surface area contributed by atoms with E-state index in [9.17, 15) is 42.4 Å². The number of rotatable bonds is 7. The van der Waals surface area contributed by atoms with E-state index in [-0.39, 0.29) is 52.7 Å². The molecule has 5 N–H and O–H groups in total. The topological polar surface area (TPSA) is 193 Å². The maximum Gasteiger partial charge on any atom is 0.491 e. The second-order valence-corrected chi connectivity index (χ2v) is 10.3. The Hall–Kier alpha value is -4.19. The number of nitrogens with two attached hydrogens (primary N) is 1. The van der Waals surface area contributed by atoms with Gasteiger partial charge in [0.15, 0.2) is 10.8 Å². The Morgan fingerprint density at radius 3 is 2.65 bits per heavy atom. The first-order valence-corrected chi connectivity index (χ1v) is 13.2. The van der Waals surface area contributed by atoms with Crippen molar-refractivity contribution < 1.29 is 47.1 Å². The van der Waals surface area contributed by atoms with Crippen molar-refractivity contribution in [1.82, 2.24) is 20.5 Å². The minimum Gasteiger partial charge on any atom is -0.410 e. The van der Waals surface area contributed by atoms with Crippen LogP contribution in [0.15, 0.2) is 45.6 Å². The van der Waals surface area contributed by atoms with E-state index in [4.69, 9.17) is 5.73 Å². The molecule has 4 heterocycles. The largest absolute Gasteiger partial charge is 0.491 e. The second-order valence-electron chi connectivity index (χ2n) is 8.34. The summed E-state index contributed by atoms with van der Waals surface area (Å²) >= 11 is 2.00. The molecule has 0 aliphatic carbocycles. The molecular weight excluding hydrogens is 581 g/mol. The highest BCUT2D eigenvalue weighted by molar-refractivity contribution is 8.00. The summed E-state index contributed by atoms with van der Waals surface area (Å²) in [4.78, 5) is 67.4. The molecule has 1 aromatic rings. The van der Waals surface area contributed by atoms with Crippen LogP contribution < -0.4 is 16.4 Å². The Morgan fingerprint density at radius 2 is 2.10 bits per heavy atom. The van der Waals surface area contributed by atoms with Crippen molar-refractivity contribution in [2.75, 3.05) is 18.0 Å². The van der Waals surface area contributed by atoms with Crippen LogP contribution in [-0.2, 0) is 28.7 Å². The quantitative estimate of drug-likeness (QED) is 0.0503. The van der Waals surface area contributed by atoms with Crippen LogP contribution >= 0.6 is 23.1 Å². The fourth-order valence-electron chi connectivity index (χ4n) is 4.23. The summed E-state index contributed by atoms with van der Waals surface area (Å²) in [6.45, 7) is 3.89. The predicted molar refractivity (Wildman–Crippen MR) is 134 cm³/mol. The normalized spacial score (nSPS) is 22.3. The van der Waals surface area contributed by atoms with Gasteiger partial charge < -0.3 is 26.3 Å². The van der Waals surface area contributed by atoms with Gasteiger partial charge in [0.2, 0.25) is 5.91 Å². The number of carbonyl (C=O) groups is 5. The van der Waals surface area contributed by atoms with E-state index in [1.807, 2.05) is 0 Å². The van der Waals surface area contributed by atoms with Crippen molar-refractivity contribution >= 4 is 63.6 Å². The van der Waals surface area contributed by atoms with E-state index in [1.54, 1.807) is 0 Å². The monoisotopic (exact) mass is 600 g/mol. The van der Waals surface area contributed by atoms with Gasteiger partial charge >= 0.3 is 18.1 Å². The predicted octanol–water partition coefficient (Wildman–Crippen LogP) is 0.582. The molecule has 4 rings (SSSR count). The number of carbonyl (C=O) groups excluding carboxylic acids is 5. The summed E-state index contributed by atoms with van der Waals surface area (Å²) < 4.78 is 42.7. The summed E-state index contributed by atoms with van der Waals surface area (Å²) in [5, 5.41) is 17.5. The van der Waals surface area contributed by atoms with E-state index in [2.05, 4.69) is 32.1 Å².